The third kappa shape index (κ3) is 6.25. The van der Waals surface area contributed by atoms with Crippen LogP contribution in [0.2, 0.25) is 5.02 Å². The van der Waals surface area contributed by atoms with Crippen LogP contribution in [-0.4, -0.2) is 44.8 Å². The summed E-state index contributed by atoms with van der Waals surface area (Å²) < 4.78 is 28.6. The van der Waals surface area contributed by atoms with Gasteiger partial charge in [-0.2, -0.15) is 0 Å². The fourth-order valence-electron chi connectivity index (χ4n) is 3.77. The van der Waals surface area contributed by atoms with Crippen molar-refractivity contribution in [2.75, 3.05) is 17.9 Å². The molecule has 0 fully saturated rings. The number of hydrogen-bond acceptors (Lipinski definition) is 4. The minimum atomic E-state index is -4.13. The first-order chi connectivity index (χ1) is 17.0. The lowest BCUT2D eigenvalue weighted by atomic mass is 10.1. The first-order valence-corrected chi connectivity index (χ1v) is 13.3. The van der Waals surface area contributed by atoms with E-state index in [0.29, 0.717) is 16.3 Å². The van der Waals surface area contributed by atoms with Crippen LogP contribution in [0.5, 0.6) is 0 Å². The van der Waals surface area contributed by atoms with Gasteiger partial charge in [-0.15, -0.1) is 0 Å². The second-order valence-electron chi connectivity index (χ2n) is 8.55. The molecule has 0 aliphatic heterocycles. The molecule has 7 nitrogen and oxygen atoms in total. The molecule has 0 aromatic heterocycles. The molecule has 0 saturated carbocycles. The molecule has 0 radical (unpaired) electrons. The Balaban J connectivity index is 2.04. The zero-order chi connectivity index (χ0) is 26.5. The highest BCUT2D eigenvalue weighted by Crippen LogP contribution is 2.28. The van der Waals surface area contributed by atoms with Crippen LogP contribution >= 0.6 is 11.6 Å². The van der Waals surface area contributed by atoms with Gasteiger partial charge in [-0.25, -0.2) is 8.42 Å². The quantitative estimate of drug-likeness (QED) is 0.449. The number of rotatable bonds is 9. The Labute approximate surface area is 217 Å². The number of benzene rings is 3. The van der Waals surface area contributed by atoms with Crippen molar-refractivity contribution in [2.45, 2.75) is 38.3 Å². The van der Waals surface area contributed by atoms with Gasteiger partial charge in [0.05, 0.1) is 10.6 Å². The van der Waals surface area contributed by atoms with Gasteiger partial charge in [0.2, 0.25) is 11.8 Å². The zero-order valence-electron chi connectivity index (χ0n) is 20.7. The molecule has 0 unspecified atom stereocenters. The van der Waals surface area contributed by atoms with E-state index in [9.17, 15) is 18.0 Å². The van der Waals surface area contributed by atoms with E-state index in [-0.39, 0.29) is 17.3 Å². The Morgan fingerprint density at radius 1 is 0.944 bits per heavy atom. The van der Waals surface area contributed by atoms with Crippen LogP contribution in [0.1, 0.15) is 23.6 Å². The van der Waals surface area contributed by atoms with Crippen LogP contribution < -0.4 is 9.62 Å². The molecule has 0 heterocycles. The van der Waals surface area contributed by atoms with Gasteiger partial charge in [0, 0.05) is 18.6 Å². The Morgan fingerprint density at radius 3 is 2.14 bits per heavy atom. The van der Waals surface area contributed by atoms with Gasteiger partial charge in [0.25, 0.3) is 10.0 Å². The van der Waals surface area contributed by atoms with E-state index in [1.54, 1.807) is 38.1 Å². The summed E-state index contributed by atoms with van der Waals surface area (Å²) >= 11 is 5.97. The first kappa shape index (κ1) is 27.2. The molecule has 0 bridgehead atoms. The highest BCUT2D eigenvalue weighted by molar-refractivity contribution is 7.92. The molecule has 2 amide bonds. The number of para-hydroxylation sites is 1. The molecule has 3 aromatic rings. The number of hydrogen-bond donors (Lipinski definition) is 1. The third-order valence-electron chi connectivity index (χ3n) is 5.95. The van der Waals surface area contributed by atoms with Crippen LogP contribution in [0.3, 0.4) is 0 Å². The fourth-order valence-corrected chi connectivity index (χ4v) is 5.38. The molecular weight excluding hydrogens is 498 g/mol. The van der Waals surface area contributed by atoms with E-state index >= 15 is 0 Å². The summed E-state index contributed by atoms with van der Waals surface area (Å²) in [6, 6.07) is 19.5. The van der Waals surface area contributed by atoms with E-state index in [1.165, 1.54) is 36.2 Å². The van der Waals surface area contributed by atoms with Crippen molar-refractivity contribution in [1.29, 1.82) is 0 Å². The summed E-state index contributed by atoms with van der Waals surface area (Å²) in [4.78, 5) is 27.6. The summed E-state index contributed by atoms with van der Waals surface area (Å²) in [5.74, 6) is -0.856. The number of carbonyl (C=O) groups excluding carboxylic acids is 2. The van der Waals surface area contributed by atoms with Crippen molar-refractivity contribution in [3.63, 3.8) is 0 Å². The number of nitrogens with one attached hydrogen (secondary N) is 1. The number of sulfonamides is 1. The Kier molecular flexibility index (Phi) is 8.76. The van der Waals surface area contributed by atoms with Gasteiger partial charge in [-0.3, -0.25) is 13.9 Å². The average molecular weight is 528 g/mol. The fraction of sp³-hybridized carbons (Fsp3) is 0.259. The number of anilines is 1. The van der Waals surface area contributed by atoms with Crippen LogP contribution in [0.4, 0.5) is 5.69 Å². The van der Waals surface area contributed by atoms with Gasteiger partial charge < -0.3 is 10.2 Å². The summed E-state index contributed by atoms with van der Waals surface area (Å²) in [5.41, 5.74) is 2.96. The molecule has 0 saturated heterocycles. The van der Waals surface area contributed by atoms with Crippen molar-refractivity contribution >= 4 is 39.1 Å². The maximum atomic E-state index is 13.7. The van der Waals surface area contributed by atoms with Crippen molar-refractivity contribution in [3.8, 4) is 0 Å². The number of carbonyl (C=O) groups is 2. The summed E-state index contributed by atoms with van der Waals surface area (Å²) in [6.07, 6.45) is 0. The smallest absolute Gasteiger partial charge is 0.264 e. The molecular formula is C27H30ClN3O4S. The Hall–Kier alpha value is -3.36. The van der Waals surface area contributed by atoms with Crippen molar-refractivity contribution in [3.05, 3.63) is 94.5 Å². The molecule has 3 rings (SSSR count). The lowest BCUT2D eigenvalue weighted by Gasteiger charge is -2.32. The summed E-state index contributed by atoms with van der Waals surface area (Å²) in [6.45, 7) is 5.03. The van der Waals surface area contributed by atoms with Crippen molar-refractivity contribution < 1.29 is 18.0 Å². The molecule has 0 spiro atoms. The number of nitrogens with zero attached hydrogens (tertiary/aromatic N) is 2. The standard InChI is InChI=1S/C27H30ClN3O4S/c1-19-9-11-22(12-10-19)17-30(21(3)27(33)29-4)26(32)18-31(25-8-6-5-7-20(25)2)36(34,35)24-15-13-23(28)14-16-24/h5-16,21H,17-18H2,1-4H3,(H,29,33)/t21-/m0/s1. The van der Waals surface area contributed by atoms with E-state index in [2.05, 4.69) is 5.32 Å². The molecule has 190 valence electrons. The summed E-state index contributed by atoms with van der Waals surface area (Å²) in [5, 5.41) is 2.97. The largest absolute Gasteiger partial charge is 0.357 e. The van der Waals surface area contributed by atoms with E-state index in [4.69, 9.17) is 11.6 Å². The SMILES string of the molecule is CNC(=O)[C@H](C)N(Cc1ccc(C)cc1)C(=O)CN(c1ccccc1C)S(=O)(=O)c1ccc(Cl)cc1. The average Bonchev–Trinajstić information content (AvgIpc) is 2.86. The van der Waals surface area contributed by atoms with Crippen molar-refractivity contribution in [2.24, 2.45) is 0 Å². The van der Waals surface area contributed by atoms with Gasteiger partial charge in [0.1, 0.15) is 12.6 Å². The number of amides is 2. The lowest BCUT2D eigenvalue weighted by molar-refractivity contribution is -0.139. The van der Waals surface area contributed by atoms with Gasteiger partial charge in [0.15, 0.2) is 0 Å². The molecule has 0 aliphatic carbocycles. The summed E-state index contributed by atoms with van der Waals surface area (Å²) in [7, 11) is -2.63. The number of halogens is 1. The van der Waals surface area contributed by atoms with E-state index in [1.807, 2.05) is 31.2 Å². The second kappa shape index (κ2) is 11.6. The lowest BCUT2D eigenvalue weighted by Crippen LogP contribution is -2.50. The molecule has 3 aromatic carbocycles. The highest BCUT2D eigenvalue weighted by Gasteiger charge is 2.32. The molecule has 9 heteroatoms. The maximum absolute atomic E-state index is 13.7. The normalized spacial score (nSPS) is 12.0. The van der Waals surface area contributed by atoms with Crippen molar-refractivity contribution in [1.82, 2.24) is 10.2 Å². The highest BCUT2D eigenvalue weighted by atomic mass is 35.5. The minimum Gasteiger partial charge on any atom is -0.357 e. The Morgan fingerprint density at radius 2 is 1.56 bits per heavy atom. The number of aryl methyl sites for hydroxylation is 2. The Bertz CT molecular complexity index is 1330. The topological polar surface area (TPSA) is 86.8 Å². The van der Waals surface area contributed by atoms with Crippen LogP contribution in [0.15, 0.2) is 77.7 Å². The zero-order valence-corrected chi connectivity index (χ0v) is 22.3. The van der Waals surface area contributed by atoms with Crippen LogP contribution in [-0.2, 0) is 26.2 Å². The molecule has 1 atom stereocenters. The monoisotopic (exact) mass is 527 g/mol. The van der Waals surface area contributed by atoms with E-state index < -0.39 is 28.5 Å². The second-order valence-corrected chi connectivity index (χ2v) is 10.8. The predicted octanol–water partition coefficient (Wildman–Crippen LogP) is 4.32. The minimum absolute atomic E-state index is 0.00684. The predicted molar refractivity (Wildman–Crippen MR) is 142 cm³/mol. The molecule has 1 N–H and O–H groups in total. The van der Waals surface area contributed by atoms with Gasteiger partial charge in [-0.05, 0) is 62.2 Å². The van der Waals surface area contributed by atoms with Gasteiger partial charge >= 0.3 is 0 Å². The molecule has 0 aliphatic rings. The van der Waals surface area contributed by atoms with E-state index in [0.717, 1.165) is 15.4 Å². The first-order valence-electron chi connectivity index (χ1n) is 11.4. The van der Waals surface area contributed by atoms with Crippen LogP contribution in [0, 0.1) is 13.8 Å². The van der Waals surface area contributed by atoms with Crippen LogP contribution in [0.25, 0.3) is 0 Å². The number of likely N-dealkylation sites (N-methyl/N-ethyl adjacent to an activating group) is 1. The third-order valence-corrected chi connectivity index (χ3v) is 7.98. The molecule has 36 heavy (non-hydrogen) atoms. The maximum Gasteiger partial charge on any atom is 0.264 e. The van der Waals surface area contributed by atoms with Gasteiger partial charge in [-0.1, -0.05) is 59.6 Å².